The monoisotopic (exact) mass is 807 g/mol. The first-order valence-corrected chi connectivity index (χ1v) is 22.1. The first-order chi connectivity index (χ1) is 31.0. The van der Waals surface area contributed by atoms with Crippen LogP contribution in [0.1, 0.15) is 48.4 Å². The number of fused-ring (bicyclic) bond motifs is 7. The van der Waals surface area contributed by atoms with E-state index in [4.69, 9.17) is 4.42 Å². The van der Waals surface area contributed by atoms with Crippen LogP contribution in [0.5, 0.6) is 0 Å². The number of benzene rings is 9. The van der Waals surface area contributed by atoms with Gasteiger partial charge in [0.25, 0.3) is 0 Å². The van der Waals surface area contributed by atoms with E-state index in [1.165, 1.54) is 72.0 Å². The molecule has 2 aliphatic rings. The average Bonchev–Trinajstić information content (AvgIpc) is 3.83. The Morgan fingerprint density at radius 3 is 1.86 bits per heavy atom. The van der Waals surface area contributed by atoms with E-state index in [9.17, 15) is 0 Å². The van der Waals surface area contributed by atoms with Crippen LogP contribution < -0.4 is 4.90 Å². The van der Waals surface area contributed by atoms with Crippen LogP contribution in [0, 0.1) is 0 Å². The highest BCUT2D eigenvalue weighted by Gasteiger charge is 2.36. The van der Waals surface area contributed by atoms with Gasteiger partial charge in [-0.15, -0.1) is 0 Å². The Balaban J connectivity index is 0.954. The molecule has 0 N–H and O–H groups in total. The van der Waals surface area contributed by atoms with E-state index in [0.29, 0.717) is 5.92 Å². The SMILES string of the molecule is CC1(C)c2cc(-c3ccc4oc5ccccc5c4c3)ccc2-c2ccc(N(c3ccc(C4C=CC=C(c5ccccc5)C4)cc3)c3ccc(-c4ccccc4)c4ccccc34)cc21. The molecule has 0 amide bonds. The molecule has 63 heavy (non-hydrogen) atoms. The van der Waals surface area contributed by atoms with Gasteiger partial charge in [-0.25, -0.2) is 0 Å². The smallest absolute Gasteiger partial charge is 0.135 e. The van der Waals surface area contributed by atoms with Crippen molar-refractivity contribution in [1.29, 1.82) is 0 Å². The van der Waals surface area contributed by atoms with E-state index >= 15 is 0 Å². The van der Waals surface area contributed by atoms with Gasteiger partial charge >= 0.3 is 0 Å². The predicted octanol–water partition coefficient (Wildman–Crippen LogP) is 17.0. The molecule has 0 saturated heterocycles. The molecular weight excluding hydrogens is 763 g/mol. The predicted molar refractivity (Wildman–Crippen MR) is 265 cm³/mol. The lowest BCUT2D eigenvalue weighted by Crippen LogP contribution is -2.17. The Morgan fingerprint density at radius 2 is 1.06 bits per heavy atom. The Bertz CT molecular complexity index is 3440. The van der Waals surface area contributed by atoms with E-state index < -0.39 is 0 Å². The third kappa shape index (κ3) is 6.24. The van der Waals surface area contributed by atoms with Gasteiger partial charge in [-0.1, -0.05) is 178 Å². The van der Waals surface area contributed by atoms with Gasteiger partial charge in [-0.05, 0) is 128 Å². The van der Waals surface area contributed by atoms with Gasteiger partial charge < -0.3 is 9.32 Å². The number of furan rings is 1. The van der Waals surface area contributed by atoms with Crippen LogP contribution >= 0.6 is 0 Å². The second kappa shape index (κ2) is 14.8. The summed E-state index contributed by atoms with van der Waals surface area (Å²) in [5, 5.41) is 4.75. The van der Waals surface area contributed by atoms with E-state index in [0.717, 1.165) is 45.4 Å². The number of rotatable bonds is 7. The van der Waals surface area contributed by atoms with Crippen molar-refractivity contribution in [2.45, 2.75) is 31.6 Å². The molecular formula is C61H45NO. The Labute approximate surface area is 368 Å². The molecule has 2 aliphatic carbocycles. The van der Waals surface area contributed by atoms with Crippen LogP contribution in [-0.4, -0.2) is 0 Å². The minimum atomic E-state index is -0.227. The van der Waals surface area contributed by atoms with Crippen molar-refractivity contribution >= 4 is 55.3 Å². The maximum atomic E-state index is 6.18. The first kappa shape index (κ1) is 37.1. The van der Waals surface area contributed by atoms with Gasteiger partial charge in [0.15, 0.2) is 0 Å². The van der Waals surface area contributed by atoms with Crippen molar-refractivity contribution < 1.29 is 4.42 Å². The van der Waals surface area contributed by atoms with E-state index in [-0.39, 0.29) is 5.41 Å². The minimum Gasteiger partial charge on any atom is -0.456 e. The van der Waals surface area contributed by atoms with Crippen LogP contribution in [0.25, 0.3) is 71.7 Å². The summed E-state index contributed by atoms with van der Waals surface area (Å²) in [4.78, 5) is 2.47. The standard InChI is InChI=1S/C61H45NO/c1-61(2)56-38-46(45-27-35-60-55(37-45)54-22-11-12-23-59(54)63-60)26-31-51(56)52-32-30-48(39-57(52)61)62(58-34-33-49(42-16-7-4-8-17-42)50-20-9-10-21-53(50)58)47-28-24-41(25-29-47)44-19-13-18-43(36-44)40-14-5-3-6-15-40/h3-35,37-39,44H,36H2,1-2H3. The van der Waals surface area contributed by atoms with Gasteiger partial charge in [0.05, 0.1) is 5.69 Å². The molecule has 0 bridgehead atoms. The number of allylic oxidation sites excluding steroid dienone is 4. The molecule has 0 fully saturated rings. The van der Waals surface area contributed by atoms with Gasteiger partial charge in [0, 0.05) is 38.9 Å². The molecule has 10 aromatic rings. The molecule has 0 aliphatic heterocycles. The molecule has 1 heterocycles. The topological polar surface area (TPSA) is 16.4 Å². The second-order valence-corrected chi connectivity index (χ2v) is 17.6. The van der Waals surface area contributed by atoms with Crippen molar-refractivity contribution in [2.75, 3.05) is 4.90 Å². The minimum absolute atomic E-state index is 0.227. The van der Waals surface area contributed by atoms with Gasteiger partial charge in [0.1, 0.15) is 11.2 Å². The third-order valence-corrected chi connectivity index (χ3v) is 13.7. The molecule has 0 saturated carbocycles. The zero-order chi connectivity index (χ0) is 42.1. The molecule has 1 aromatic heterocycles. The number of nitrogens with zero attached hydrogens (tertiary/aromatic N) is 1. The highest BCUT2D eigenvalue weighted by atomic mass is 16.3. The normalized spacial score (nSPS) is 15.1. The zero-order valence-electron chi connectivity index (χ0n) is 35.4. The molecule has 0 radical (unpaired) electrons. The molecule has 12 rings (SSSR count). The number of anilines is 3. The molecule has 300 valence electrons. The van der Waals surface area contributed by atoms with Crippen molar-refractivity contribution in [3.8, 4) is 33.4 Å². The summed E-state index contributed by atoms with van der Waals surface area (Å²) in [6, 6.07) is 73.4. The lowest BCUT2D eigenvalue weighted by molar-refractivity contribution is 0.660. The maximum Gasteiger partial charge on any atom is 0.135 e. The van der Waals surface area contributed by atoms with Crippen molar-refractivity contribution in [1.82, 2.24) is 0 Å². The van der Waals surface area contributed by atoms with Gasteiger partial charge in [0.2, 0.25) is 0 Å². The summed E-state index contributed by atoms with van der Waals surface area (Å²) in [5.74, 6) is 0.309. The van der Waals surface area contributed by atoms with Crippen LogP contribution in [0.3, 0.4) is 0 Å². The lowest BCUT2D eigenvalue weighted by atomic mass is 9.81. The lowest BCUT2D eigenvalue weighted by Gasteiger charge is -2.30. The summed E-state index contributed by atoms with van der Waals surface area (Å²) < 4.78 is 6.18. The fourth-order valence-electron chi connectivity index (χ4n) is 10.4. The fourth-order valence-corrected chi connectivity index (χ4v) is 10.4. The molecule has 2 nitrogen and oxygen atoms in total. The number of hydrogen-bond acceptors (Lipinski definition) is 2. The quantitative estimate of drug-likeness (QED) is 0.159. The van der Waals surface area contributed by atoms with Crippen molar-refractivity contribution in [3.63, 3.8) is 0 Å². The average molecular weight is 808 g/mol. The molecule has 2 heteroatoms. The summed E-state index contributed by atoms with van der Waals surface area (Å²) in [6.07, 6.45) is 7.82. The third-order valence-electron chi connectivity index (χ3n) is 13.7. The first-order valence-electron chi connectivity index (χ1n) is 22.1. The molecule has 1 unspecified atom stereocenters. The summed E-state index contributed by atoms with van der Waals surface area (Å²) >= 11 is 0. The Hall–Kier alpha value is -7.68. The van der Waals surface area contributed by atoms with Crippen LogP contribution in [0.15, 0.2) is 223 Å². The van der Waals surface area contributed by atoms with E-state index in [1.807, 2.05) is 12.1 Å². The van der Waals surface area contributed by atoms with E-state index in [1.54, 1.807) is 0 Å². The number of para-hydroxylation sites is 1. The zero-order valence-corrected chi connectivity index (χ0v) is 35.4. The molecule has 0 spiro atoms. The highest BCUT2D eigenvalue weighted by molar-refractivity contribution is 6.07. The largest absolute Gasteiger partial charge is 0.456 e. The summed E-state index contributed by atoms with van der Waals surface area (Å²) in [5.41, 5.74) is 19.2. The summed E-state index contributed by atoms with van der Waals surface area (Å²) in [7, 11) is 0. The second-order valence-electron chi connectivity index (χ2n) is 17.6. The Morgan fingerprint density at radius 1 is 0.460 bits per heavy atom. The van der Waals surface area contributed by atoms with Gasteiger partial charge in [-0.2, -0.15) is 0 Å². The fraction of sp³-hybridized carbons (Fsp3) is 0.0820. The molecule has 1 atom stereocenters. The van der Waals surface area contributed by atoms with E-state index in [2.05, 4.69) is 225 Å². The Kier molecular flexibility index (Phi) is 8.69. The van der Waals surface area contributed by atoms with Crippen LogP contribution in [0.4, 0.5) is 17.1 Å². The van der Waals surface area contributed by atoms with Crippen molar-refractivity contribution in [2.24, 2.45) is 0 Å². The van der Waals surface area contributed by atoms with Crippen LogP contribution in [0.2, 0.25) is 0 Å². The molecule has 9 aromatic carbocycles. The number of hydrogen-bond donors (Lipinski definition) is 0. The van der Waals surface area contributed by atoms with Gasteiger partial charge in [-0.3, -0.25) is 0 Å². The summed E-state index contributed by atoms with van der Waals surface area (Å²) in [6.45, 7) is 4.77. The maximum absolute atomic E-state index is 6.18. The highest BCUT2D eigenvalue weighted by Crippen LogP contribution is 2.52. The van der Waals surface area contributed by atoms with Crippen molar-refractivity contribution in [3.05, 3.63) is 241 Å². The van der Waals surface area contributed by atoms with Crippen LogP contribution in [-0.2, 0) is 5.41 Å².